The number of halogens is 3. The number of fused-ring (bicyclic) bond motifs is 1. The van der Waals surface area contributed by atoms with E-state index >= 15 is 0 Å². The third-order valence-electron chi connectivity index (χ3n) is 3.32. The van der Waals surface area contributed by atoms with Gasteiger partial charge in [0.15, 0.2) is 0 Å². The van der Waals surface area contributed by atoms with E-state index < -0.39 is 17.5 Å². The molecule has 0 saturated heterocycles. The molecule has 1 aromatic heterocycles. The smallest absolute Gasteiger partial charge is 0.449 e. The number of alkyl halides is 3. The average Bonchev–Trinajstić information content (AvgIpc) is 2.99. The first-order valence-corrected chi connectivity index (χ1v) is 5.65. The van der Waals surface area contributed by atoms with Crippen LogP contribution in [0, 0.1) is 0 Å². The van der Waals surface area contributed by atoms with Crippen LogP contribution in [0.2, 0.25) is 0 Å². The Bertz CT molecular complexity index is 691. The molecule has 1 fully saturated rings. The Morgan fingerprint density at radius 1 is 1.26 bits per heavy atom. The van der Waals surface area contributed by atoms with Crippen LogP contribution in [-0.4, -0.2) is 6.08 Å². The number of nitrogens with zero attached hydrogens (tertiary/aromatic N) is 1. The molecule has 3 rings (SSSR count). The SMILES string of the molecule is O=C=NC1(c2ccc3oc(C(F)(F)F)cc3c2)CC1. The molecule has 0 radical (unpaired) electrons. The molecule has 0 bridgehead atoms. The van der Waals surface area contributed by atoms with Gasteiger partial charge in [0.05, 0.1) is 5.54 Å². The van der Waals surface area contributed by atoms with E-state index in [9.17, 15) is 18.0 Å². The molecule has 1 saturated carbocycles. The maximum Gasteiger partial charge on any atom is 0.449 e. The third kappa shape index (κ3) is 1.94. The summed E-state index contributed by atoms with van der Waals surface area (Å²) in [6.45, 7) is 0. The van der Waals surface area contributed by atoms with Gasteiger partial charge in [0.1, 0.15) is 5.58 Å². The van der Waals surface area contributed by atoms with Crippen LogP contribution in [0.15, 0.2) is 33.7 Å². The highest BCUT2D eigenvalue weighted by molar-refractivity contribution is 5.79. The van der Waals surface area contributed by atoms with E-state index in [0.29, 0.717) is 18.2 Å². The first-order valence-electron chi connectivity index (χ1n) is 5.65. The molecule has 19 heavy (non-hydrogen) atoms. The summed E-state index contributed by atoms with van der Waals surface area (Å²) in [5, 5.41) is 0.359. The summed E-state index contributed by atoms with van der Waals surface area (Å²) in [6, 6.07) is 5.65. The van der Waals surface area contributed by atoms with Gasteiger partial charge in [0, 0.05) is 5.39 Å². The lowest BCUT2D eigenvalue weighted by atomic mass is 10.0. The minimum atomic E-state index is -4.50. The molecule has 0 amide bonds. The predicted octanol–water partition coefficient (Wildman–Crippen LogP) is 3.78. The van der Waals surface area contributed by atoms with Crippen LogP contribution >= 0.6 is 0 Å². The van der Waals surface area contributed by atoms with Crippen molar-refractivity contribution in [3.63, 3.8) is 0 Å². The average molecular weight is 267 g/mol. The number of furan rings is 1. The van der Waals surface area contributed by atoms with E-state index in [1.807, 2.05) is 0 Å². The summed E-state index contributed by atoms with van der Waals surface area (Å²) < 4.78 is 42.3. The lowest BCUT2D eigenvalue weighted by Gasteiger charge is -2.07. The van der Waals surface area contributed by atoms with Crippen molar-refractivity contribution in [1.29, 1.82) is 0 Å². The van der Waals surface area contributed by atoms with Gasteiger partial charge in [-0.2, -0.15) is 18.2 Å². The second-order valence-corrected chi connectivity index (χ2v) is 4.60. The molecule has 0 N–H and O–H groups in total. The Labute approximate surface area is 105 Å². The van der Waals surface area contributed by atoms with E-state index in [-0.39, 0.29) is 5.58 Å². The number of hydrogen-bond acceptors (Lipinski definition) is 3. The molecular weight excluding hydrogens is 259 g/mol. The monoisotopic (exact) mass is 267 g/mol. The highest BCUT2D eigenvalue weighted by Crippen LogP contribution is 2.50. The van der Waals surface area contributed by atoms with Gasteiger partial charge in [-0.3, -0.25) is 0 Å². The van der Waals surface area contributed by atoms with Crippen LogP contribution in [0.25, 0.3) is 11.0 Å². The molecule has 2 aromatic rings. The number of hydrogen-bond donors (Lipinski definition) is 0. The highest BCUT2D eigenvalue weighted by Gasteiger charge is 2.45. The van der Waals surface area contributed by atoms with Crippen molar-refractivity contribution in [3.05, 3.63) is 35.6 Å². The predicted molar refractivity (Wildman–Crippen MR) is 60.2 cm³/mol. The number of rotatable bonds is 2. The summed E-state index contributed by atoms with van der Waals surface area (Å²) >= 11 is 0. The molecular formula is C13H8F3NO2. The van der Waals surface area contributed by atoms with Crippen LogP contribution in [-0.2, 0) is 16.5 Å². The lowest BCUT2D eigenvalue weighted by Crippen LogP contribution is -2.02. The quantitative estimate of drug-likeness (QED) is 0.614. The maximum atomic E-state index is 12.5. The first kappa shape index (κ1) is 12.0. The minimum absolute atomic E-state index is 0.168. The normalized spacial score (nSPS) is 17.2. The van der Waals surface area contributed by atoms with Gasteiger partial charge in [-0.25, -0.2) is 4.79 Å². The van der Waals surface area contributed by atoms with E-state index in [2.05, 4.69) is 4.99 Å². The Balaban J connectivity index is 2.09. The van der Waals surface area contributed by atoms with Crippen molar-refractivity contribution < 1.29 is 22.4 Å². The zero-order valence-corrected chi connectivity index (χ0v) is 9.62. The molecule has 3 nitrogen and oxygen atoms in total. The number of carbonyl (C=O) groups excluding carboxylic acids is 1. The molecule has 1 aliphatic rings. The minimum Gasteiger partial charge on any atom is -0.452 e. The molecule has 1 aromatic carbocycles. The Morgan fingerprint density at radius 2 is 2.00 bits per heavy atom. The molecule has 1 heterocycles. The van der Waals surface area contributed by atoms with E-state index in [0.717, 1.165) is 11.6 Å². The largest absolute Gasteiger partial charge is 0.452 e. The number of benzene rings is 1. The van der Waals surface area contributed by atoms with E-state index in [1.54, 1.807) is 12.1 Å². The van der Waals surface area contributed by atoms with Gasteiger partial charge in [-0.05, 0) is 36.6 Å². The van der Waals surface area contributed by atoms with Crippen molar-refractivity contribution in [2.24, 2.45) is 4.99 Å². The second-order valence-electron chi connectivity index (χ2n) is 4.60. The summed E-state index contributed by atoms with van der Waals surface area (Å²) in [5.74, 6) is -1.02. The Hall–Kier alpha value is -2.07. The van der Waals surface area contributed by atoms with Crippen molar-refractivity contribution in [2.45, 2.75) is 24.6 Å². The number of aliphatic imine (C=N–C) groups is 1. The molecule has 1 aliphatic carbocycles. The maximum absolute atomic E-state index is 12.5. The van der Waals surface area contributed by atoms with Gasteiger partial charge in [0.25, 0.3) is 0 Å². The van der Waals surface area contributed by atoms with Gasteiger partial charge >= 0.3 is 6.18 Å². The highest BCUT2D eigenvalue weighted by atomic mass is 19.4. The van der Waals surface area contributed by atoms with Gasteiger partial charge in [-0.15, -0.1) is 0 Å². The van der Waals surface area contributed by atoms with Gasteiger partial charge in [-0.1, -0.05) is 6.07 Å². The topological polar surface area (TPSA) is 42.6 Å². The van der Waals surface area contributed by atoms with E-state index in [1.165, 1.54) is 12.1 Å². The fraction of sp³-hybridized carbons (Fsp3) is 0.308. The van der Waals surface area contributed by atoms with Crippen LogP contribution in [0.5, 0.6) is 0 Å². The lowest BCUT2D eigenvalue weighted by molar-refractivity contribution is -0.152. The zero-order valence-electron chi connectivity index (χ0n) is 9.62. The summed E-state index contributed by atoms with van der Waals surface area (Å²) in [7, 11) is 0. The number of isocyanates is 1. The fourth-order valence-corrected chi connectivity index (χ4v) is 2.14. The molecule has 6 heteroatoms. The van der Waals surface area contributed by atoms with E-state index in [4.69, 9.17) is 4.42 Å². The summed E-state index contributed by atoms with van der Waals surface area (Å²) in [5.41, 5.74) is 0.297. The zero-order chi connectivity index (χ0) is 13.7. The van der Waals surface area contributed by atoms with Gasteiger partial charge < -0.3 is 4.42 Å². The van der Waals surface area contributed by atoms with Gasteiger partial charge in [0.2, 0.25) is 11.8 Å². The molecule has 98 valence electrons. The Kier molecular flexibility index (Phi) is 2.34. The molecule has 0 unspecified atom stereocenters. The van der Waals surface area contributed by atoms with Crippen molar-refractivity contribution in [2.75, 3.05) is 0 Å². The van der Waals surface area contributed by atoms with Crippen LogP contribution in [0.4, 0.5) is 13.2 Å². The summed E-state index contributed by atoms with van der Waals surface area (Å²) in [6.07, 6.45) is -1.57. The second kappa shape index (κ2) is 3.71. The molecule has 0 atom stereocenters. The molecule has 0 spiro atoms. The fourth-order valence-electron chi connectivity index (χ4n) is 2.14. The van der Waals surface area contributed by atoms with Crippen LogP contribution in [0.3, 0.4) is 0 Å². The standard InChI is InChI=1S/C13H8F3NO2/c14-13(15,16)11-6-8-5-9(1-2-10(8)19-11)12(3-4-12)17-7-18/h1-2,5-6H,3-4H2. The van der Waals surface area contributed by atoms with Crippen molar-refractivity contribution in [3.8, 4) is 0 Å². The van der Waals surface area contributed by atoms with Crippen molar-refractivity contribution >= 4 is 17.0 Å². The Morgan fingerprint density at radius 3 is 2.58 bits per heavy atom. The molecule has 0 aliphatic heterocycles. The van der Waals surface area contributed by atoms with Crippen LogP contribution in [0.1, 0.15) is 24.2 Å². The first-order chi connectivity index (χ1) is 8.94. The third-order valence-corrected chi connectivity index (χ3v) is 3.32. The van der Waals surface area contributed by atoms with Crippen molar-refractivity contribution in [1.82, 2.24) is 0 Å². The summed E-state index contributed by atoms with van der Waals surface area (Å²) in [4.78, 5) is 14.1. The van der Waals surface area contributed by atoms with Crippen LogP contribution < -0.4 is 0 Å².